The van der Waals surface area contributed by atoms with Crippen molar-refractivity contribution in [1.82, 2.24) is 0 Å². The van der Waals surface area contributed by atoms with E-state index in [-0.39, 0.29) is 11.9 Å². The highest BCUT2D eigenvalue weighted by Crippen LogP contribution is 2.29. The fraction of sp³-hybridized carbons (Fsp3) is 0.250. The Hall–Kier alpha value is -1.55. The average molecular weight is 338 g/mol. The molecular formula is C16H17BrFNO. The summed E-state index contributed by atoms with van der Waals surface area (Å²) < 4.78 is 20.1. The summed E-state index contributed by atoms with van der Waals surface area (Å²) in [4.78, 5) is 0. The highest BCUT2D eigenvalue weighted by atomic mass is 79.9. The van der Waals surface area contributed by atoms with E-state index in [4.69, 9.17) is 4.74 Å². The van der Waals surface area contributed by atoms with Gasteiger partial charge in [-0.2, -0.15) is 0 Å². The molecule has 0 aromatic heterocycles. The Bertz CT molecular complexity index is 615. The third-order valence-corrected chi connectivity index (χ3v) is 4.17. The molecule has 0 aliphatic rings. The van der Waals surface area contributed by atoms with Crippen molar-refractivity contribution in [2.75, 3.05) is 12.4 Å². The SMILES string of the molecule is COc1ccc(C(C)Nc2cccc(Br)c2C)c(F)c1. The molecule has 2 nitrogen and oxygen atoms in total. The molecule has 0 radical (unpaired) electrons. The summed E-state index contributed by atoms with van der Waals surface area (Å²) in [5.41, 5.74) is 2.71. The number of anilines is 1. The van der Waals surface area contributed by atoms with Crippen molar-refractivity contribution >= 4 is 21.6 Å². The van der Waals surface area contributed by atoms with Crippen LogP contribution in [-0.2, 0) is 0 Å². The van der Waals surface area contributed by atoms with Gasteiger partial charge in [-0.3, -0.25) is 0 Å². The van der Waals surface area contributed by atoms with Crippen LogP contribution in [0.5, 0.6) is 5.75 Å². The molecule has 0 aliphatic carbocycles. The zero-order chi connectivity index (χ0) is 14.7. The molecule has 0 saturated carbocycles. The van der Waals surface area contributed by atoms with E-state index in [2.05, 4.69) is 21.2 Å². The van der Waals surface area contributed by atoms with Gasteiger partial charge in [0.25, 0.3) is 0 Å². The Kier molecular flexibility index (Phi) is 4.65. The molecule has 20 heavy (non-hydrogen) atoms. The van der Waals surface area contributed by atoms with Crippen LogP contribution in [-0.4, -0.2) is 7.11 Å². The quantitative estimate of drug-likeness (QED) is 0.840. The first-order chi connectivity index (χ1) is 9.52. The van der Waals surface area contributed by atoms with Crippen molar-refractivity contribution in [3.63, 3.8) is 0 Å². The zero-order valence-corrected chi connectivity index (χ0v) is 13.3. The van der Waals surface area contributed by atoms with E-state index in [0.29, 0.717) is 11.3 Å². The van der Waals surface area contributed by atoms with E-state index in [1.807, 2.05) is 32.0 Å². The predicted octanol–water partition coefficient (Wildman–Crippen LogP) is 5.08. The van der Waals surface area contributed by atoms with Crippen LogP contribution in [0.4, 0.5) is 10.1 Å². The van der Waals surface area contributed by atoms with Gasteiger partial charge in [0.2, 0.25) is 0 Å². The molecule has 4 heteroatoms. The molecule has 2 rings (SSSR count). The molecular weight excluding hydrogens is 321 g/mol. The zero-order valence-electron chi connectivity index (χ0n) is 11.7. The minimum atomic E-state index is -0.267. The number of rotatable bonds is 4. The first kappa shape index (κ1) is 14.9. The Morgan fingerprint density at radius 1 is 1.25 bits per heavy atom. The monoisotopic (exact) mass is 337 g/mol. The van der Waals surface area contributed by atoms with Gasteiger partial charge in [-0.05, 0) is 37.6 Å². The minimum absolute atomic E-state index is 0.131. The number of methoxy groups -OCH3 is 1. The van der Waals surface area contributed by atoms with Crippen LogP contribution in [0.2, 0.25) is 0 Å². The lowest BCUT2D eigenvalue weighted by Gasteiger charge is -2.19. The number of hydrogen-bond acceptors (Lipinski definition) is 2. The standard InChI is InChI=1S/C16H17BrFNO/c1-10-14(17)5-4-6-16(10)19-11(2)13-8-7-12(20-3)9-15(13)18/h4-9,11,19H,1-3H3. The average Bonchev–Trinajstić information content (AvgIpc) is 2.43. The number of nitrogens with one attached hydrogen (secondary N) is 1. The third kappa shape index (κ3) is 3.12. The molecule has 0 fully saturated rings. The van der Waals surface area contributed by atoms with E-state index in [0.717, 1.165) is 15.7 Å². The van der Waals surface area contributed by atoms with Crippen LogP contribution in [0.3, 0.4) is 0 Å². The van der Waals surface area contributed by atoms with Crippen molar-refractivity contribution in [3.8, 4) is 5.75 Å². The first-order valence-corrected chi connectivity index (χ1v) is 7.17. The van der Waals surface area contributed by atoms with E-state index in [1.165, 1.54) is 13.2 Å². The second kappa shape index (κ2) is 6.27. The van der Waals surface area contributed by atoms with Crippen LogP contribution in [0.25, 0.3) is 0 Å². The summed E-state index contributed by atoms with van der Waals surface area (Å²) in [7, 11) is 1.53. The van der Waals surface area contributed by atoms with E-state index in [9.17, 15) is 4.39 Å². The summed E-state index contributed by atoms with van der Waals surface area (Å²) in [5, 5.41) is 3.33. The lowest BCUT2D eigenvalue weighted by atomic mass is 10.1. The van der Waals surface area contributed by atoms with E-state index >= 15 is 0 Å². The van der Waals surface area contributed by atoms with Gasteiger partial charge in [0, 0.05) is 21.8 Å². The maximum Gasteiger partial charge on any atom is 0.132 e. The van der Waals surface area contributed by atoms with Gasteiger partial charge in [0.15, 0.2) is 0 Å². The molecule has 2 aromatic rings. The summed E-state index contributed by atoms with van der Waals surface area (Å²) in [6, 6.07) is 10.7. The molecule has 1 N–H and O–H groups in total. The summed E-state index contributed by atoms with van der Waals surface area (Å²) in [5.74, 6) is 0.258. The fourth-order valence-corrected chi connectivity index (χ4v) is 2.43. The highest BCUT2D eigenvalue weighted by molar-refractivity contribution is 9.10. The summed E-state index contributed by atoms with van der Waals surface area (Å²) in [6.07, 6.45) is 0. The van der Waals surface area contributed by atoms with Crippen LogP contribution in [0.1, 0.15) is 24.1 Å². The second-order valence-corrected chi connectivity index (χ2v) is 5.52. The summed E-state index contributed by atoms with van der Waals surface area (Å²) >= 11 is 3.49. The normalized spacial score (nSPS) is 12.1. The number of benzene rings is 2. The van der Waals surface area contributed by atoms with E-state index < -0.39 is 0 Å². The molecule has 0 saturated heterocycles. The van der Waals surface area contributed by atoms with Crippen LogP contribution in [0, 0.1) is 12.7 Å². The van der Waals surface area contributed by atoms with Gasteiger partial charge in [-0.25, -0.2) is 4.39 Å². The Morgan fingerprint density at radius 3 is 2.65 bits per heavy atom. The topological polar surface area (TPSA) is 21.3 Å². The van der Waals surface area contributed by atoms with Gasteiger partial charge >= 0.3 is 0 Å². The van der Waals surface area contributed by atoms with Crippen molar-refractivity contribution < 1.29 is 9.13 Å². The van der Waals surface area contributed by atoms with Crippen LogP contribution >= 0.6 is 15.9 Å². The lowest BCUT2D eigenvalue weighted by molar-refractivity contribution is 0.410. The van der Waals surface area contributed by atoms with Crippen molar-refractivity contribution in [1.29, 1.82) is 0 Å². The Labute approximate surface area is 127 Å². The van der Waals surface area contributed by atoms with Gasteiger partial charge in [0.05, 0.1) is 13.2 Å². The van der Waals surface area contributed by atoms with Gasteiger partial charge in [-0.15, -0.1) is 0 Å². The molecule has 0 bridgehead atoms. The molecule has 0 amide bonds. The van der Waals surface area contributed by atoms with Gasteiger partial charge in [0.1, 0.15) is 11.6 Å². The van der Waals surface area contributed by atoms with Crippen LogP contribution < -0.4 is 10.1 Å². The summed E-state index contributed by atoms with van der Waals surface area (Å²) in [6.45, 7) is 3.95. The molecule has 2 aromatic carbocycles. The molecule has 0 aliphatic heterocycles. The second-order valence-electron chi connectivity index (χ2n) is 4.67. The Morgan fingerprint density at radius 2 is 2.00 bits per heavy atom. The van der Waals surface area contributed by atoms with Crippen molar-refractivity contribution in [3.05, 3.63) is 57.8 Å². The maximum atomic E-state index is 14.0. The molecule has 1 unspecified atom stereocenters. The van der Waals surface area contributed by atoms with E-state index in [1.54, 1.807) is 12.1 Å². The minimum Gasteiger partial charge on any atom is -0.497 e. The number of hydrogen-bond donors (Lipinski definition) is 1. The highest BCUT2D eigenvalue weighted by Gasteiger charge is 2.13. The molecule has 0 spiro atoms. The lowest BCUT2D eigenvalue weighted by Crippen LogP contribution is -2.09. The largest absolute Gasteiger partial charge is 0.497 e. The Balaban J connectivity index is 2.24. The van der Waals surface area contributed by atoms with Gasteiger partial charge < -0.3 is 10.1 Å². The van der Waals surface area contributed by atoms with Crippen molar-refractivity contribution in [2.24, 2.45) is 0 Å². The molecule has 106 valence electrons. The fourth-order valence-electron chi connectivity index (χ4n) is 2.06. The number of halogens is 2. The number of ether oxygens (including phenoxy) is 1. The van der Waals surface area contributed by atoms with Gasteiger partial charge in [-0.1, -0.05) is 28.1 Å². The third-order valence-electron chi connectivity index (χ3n) is 3.31. The van der Waals surface area contributed by atoms with Crippen molar-refractivity contribution in [2.45, 2.75) is 19.9 Å². The molecule has 0 heterocycles. The maximum absolute atomic E-state index is 14.0. The molecule has 1 atom stereocenters. The smallest absolute Gasteiger partial charge is 0.132 e. The van der Waals surface area contributed by atoms with Crippen LogP contribution in [0.15, 0.2) is 40.9 Å². The first-order valence-electron chi connectivity index (χ1n) is 6.38. The predicted molar refractivity (Wildman–Crippen MR) is 83.9 cm³/mol.